The largest absolute Gasteiger partial charge is 0.490 e. The van der Waals surface area contributed by atoms with Crippen LogP contribution in [0.3, 0.4) is 0 Å². The molecule has 1 aromatic heterocycles. The van der Waals surface area contributed by atoms with E-state index in [1.807, 2.05) is 42.5 Å². The summed E-state index contributed by atoms with van der Waals surface area (Å²) in [6.07, 6.45) is 4.02. The van der Waals surface area contributed by atoms with Crippen molar-refractivity contribution < 1.29 is 28.1 Å². The number of carbonyl (C=O) groups is 1. The first-order valence-electron chi connectivity index (χ1n) is 15.0. The number of nitrogens with zero attached hydrogens (tertiary/aromatic N) is 4. The van der Waals surface area contributed by atoms with Crippen molar-refractivity contribution in [2.75, 3.05) is 26.8 Å². The van der Waals surface area contributed by atoms with Gasteiger partial charge in [-0.2, -0.15) is 5.26 Å². The molecule has 2 saturated heterocycles. The van der Waals surface area contributed by atoms with Gasteiger partial charge in [0.1, 0.15) is 24.3 Å². The Morgan fingerprint density at radius 2 is 1.98 bits per heavy atom. The van der Waals surface area contributed by atoms with Gasteiger partial charge in [-0.15, -0.1) is 0 Å². The minimum atomic E-state index is -0.559. The standard InChI is InChI=1S/C34H35FN4O5/c1-41-34(40)25-8-9-30-31(18-25)39(20-28-6-3-15-42-28)33(37-30)21-38-13-11-26(12-14-38)44-27-5-2-4-24(16-27)22-43-32-10-7-23(19-36)17-29(32)35/h2,4-5,7-10,16-18,26,28H,3,6,11-15,20-22H2,1H3. The number of fused-ring (bicyclic) bond motifs is 1. The molecular formula is C34H35FN4O5. The van der Waals surface area contributed by atoms with Crippen LogP contribution in [0.25, 0.3) is 11.0 Å². The minimum absolute atomic E-state index is 0.0757. The van der Waals surface area contributed by atoms with E-state index in [2.05, 4.69) is 9.47 Å². The number of imidazole rings is 1. The molecule has 10 heteroatoms. The molecular weight excluding hydrogens is 563 g/mol. The number of methoxy groups -OCH3 is 1. The normalized spacial score (nSPS) is 17.4. The van der Waals surface area contributed by atoms with Crippen molar-refractivity contribution in [1.82, 2.24) is 14.5 Å². The molecule has 0 saturated carbocycles. The average molecular weight is 599 g/mol. The summed E-state index contributed by atoms with van der Waals surface area (Å²) in [4.78, 5) is 19.6. The van der Waals surface area contributed by atoms with Crippen molar-refractivity contribution in [3.05, 3.63) is 89.0 Å². The second-order valence-corrected chi connectivity index (χ2v) is 11.3. The Hall–Kier alpha value is -4.46. The third kappa shape index (κ3) is 6.85. The van der Waals surface area contributed by atoms with Crippen molar-refractivity contribution in [3.8, 4) is 17.6 Å². The highest BCUT2D eigenvalue weighted by Crippen LogP contribution is 2.26. The van der Waals surface area contributed by atoms with Gasteiger partial charge in [-0.3, -0.25) is 4.90 Å². The zero-order valence-corrected chi connectivity index (χ0v) is 24.7. The number of ether oxygens (including phenoxy) is 4. The Balaban J connectivity index is 1.07. The molecule has 6 rings (SSSR count). The van der Waals surface area contributed by atoms with Gasteiger partial charge in [0, 0.05) is 19.7 Å². The van der Waals surface area contributed by atoms with Crippen LogP contribution in [0, 0.1) is 17.1 Å². The summed E-state index contributed by atoms with van der Waals surface area (Å²) in [5.74, 6) is 0.902. The molecule has 0 N–H and O–H groups in total. The van der Waals surface area contributed by atoms with Gasteiger partial charge in [0.15, 0.2) is 11.6 Å². The monoisotopic (exact) mass is 598 g/mol. The summed E-state index contributed by atoms with van der Waals surface area (Å²) in [5, 5.41) is 8.93. The molecule has 0 spiro atoms. The first-order chi connectivity index (χ1) is 21.5. The molecule has 3 aromatic carbocycles. The van der Waals surface area contributed by atoms with Gasteiger partial charge in [-0.25, -0.2) is 14.2 Å². The number of carbonyl (C=O) groups excluding carboxylic acids is 1. The summed E-state index contributed by atoms with van der Waals surface area (Å²) in [6.45, 7) is 4.09. The van der Waals surface area contributed by atoms with Crippen LogP contribution in [-0.4, -0.2) is 59.4 Å². The molecule has 2 aliphatic heterocycles. The van der Waals surface area contributed by atoms with E-state index in [0.29, 0.717) is 18.7 Å². The highest BCUT2D eigenvalue weighted by molar-refractivity contribution is 5.93. The van der Waals surface area contributed by atoms with Crippen LogP contribution in [0.15, 0.2) is 60.7 Å². The van der Waals surface area contributed by atoms with Gasteiger partial charge >= 0.3 is 5.97 Å². The highest BCUT2D eigenvalue weighted by atomic mass is 19.1. The van der Waals surface area contributed by atoms with Crippen LogP contribution in [0.5, 0.6) is 11.5 Å². The maximum absolute atomic E-state index is 14.2. The molecule has 1 atom stereocenters. The molecule has 2 fully saturated rings. The Bertz CT molecular complexity index is 1670. The smallest absolute Gasteiger partial charge is 0.337 e. The molecule has 44 heavy (non-hydrogen) atoms. The van der Waals surface area contributed by atoms with Gasteiger partial charge < -0.3 is 23.5 Å². The number of piperidine rings is 1. The van der Waals surface area contributed by atoms with E-state index in [1.54, 1.807) is 6.07 Å². The van der Waals surface area contributed by atoms with E-state index >= 15 is 0 Å². The van der Waals surface area contributed by atoms with Crippen LogP contribution in [0.4, 0.5) is 4.39 Å². The highest BCUT2D eigenvalue weighted by Gasteiger charge is 2.25. The van der Waals surface area contributed by atoms with Crippen molar-refractivity contribution >= 4 is 17.0 Å². The van der Waals surface area contributed by atoms with Crippen molar-refractivity contribution in [1.29, 1.82) is 5.26 Å². The number of hydrogen-bond donors (Lipinski definition) is 0. The number of hydrogen-bond acceptors (Lipinski definition) is 8. The quantitative estimate of drug-likeness (QED) is 0.217. The fourth-order valence-corrected chi connectivity index (χ4v) is 5.87. The van der Waals surface area contributed by atoms with E-state index in [1.165, 1.54) is 25.3 Å². The van der Waals surface area contributed by atoms with E-state index in [9.17, 15) is 9.18 Å². The summed E-state index contributed by atoms with van der Waals surface area (Å²) >= 11 is 0. The van der Waals surface area contributed by atoms with Gasteiger partial charge in [0.2, 0.25) is 0 Å². The number of likely N-dealkylation sites (tertiary alicyclic amines) is 1. The van der Waals surface area contributed by atoms with E-state index in [-0.39, 0.29) is 36.1 Å². The zero-order chi connectivity index (χ0) is 30.5. The lowest BCUT2D eigenvalue weighted by Crippen LogP contribution is -2.38. The number of aromatic nitrogens is 2. The second-order valence-electron chi connectivity index (χ2n) is 11.3. The number of rotatable bonds is 10. The maximum atomic E-state index is 14.2. The third-order valence-electron chi connectivity index (χ3n) is 8.21. The summed E-state index contributed by atoms with van der Waals surface area (Å²) < 4.78 is 39.3. The number of benzene rings is 3. The van der Waals surface area contributed by atoms with E-state index < -0.39 is 5.82 Å². The lowest BCUT2D eigenvalue weighted by Gasteiger charge is -2.32. The Morgan fingerprint density at radius 1 is 1.11 bits per heavy atom. The number of halogens is 1. The molecule has 1 unspecified atom stereocenters. The fraction of sp³-hybridized carbons (Fsp3) is 0.382. The molecule has 0 bridgehead atoms. The van der Waals surface area contributed by atoms with Crippen LogP contribution in [0.1, 0.15) is 53.0 Å². The predicted molar refractivity (Wildman–Crippen MR) is 161 cm³/mol. The summed E-state index contributed by atoms with van der Waals surface area (Å²) in [6, 6.07) is 19.3. The van der Waals surface area contributed by atoms with Gasteiger partial charge in [-0.05, 0) is 79.8 Å². The molecule has 0 radical (unpaired) electrons. The molecule has 4 aromatic rings. The van der Waals surface area contributed by atoms with Gasteiger partial charge in [-0.1, -0.05) is 12.1 Å². The molecule has 228 valence electrons. The molecule has 3 heterocycles. The summed E-state index contributed by atoms with van der Waals surface area (Å²) in [5.41, 5.74) is 3.40. The predicted octanol–water partition coefficient (Wildman–Crippen LogP) is 5.64. The Kier molecular flexibility index (Phi) is 9.05. The van der Waals surface area contributed by atoms with Crippen molar-refractivity contribution in [3.63, 3.8) is 0 Å². The van der Waals surface area contributed by atoms with E-state index in [0.717, 1.165) is 73.6 Å². The third-order valence-corrected chi connectivity index (χ3v) is 8.21. The molecule has 9 nitrogen and oxygen atoms in total. The van der Waals surface area contributed by atoms with Crippen LogP contribution in [0.2, 0.25) is 0 Å². The second kappa shape index (κ2) is 13.5. The molecule has 0 amide bonds. The van der Waals surface area contributed by atoms with E-state index in [4.69, 9.17) is 29.2 Å². The Morgan fingerprint density at radius 3 is 2.73 bits per heavy atom. The van der Waals surface area contributed by atoms with Crippen LogP contribution in [-0.2, 0) is 29.2 Å². The van der Waals surface area contributed by atoms with Crippen molar-refractivity contribution in [2.24, 2.45) is 0 Å². The summed E-state index contributed by atoms with van der Waals surface area (Å²) in [7, 11) is 1.39. The van der Waals surface area contributed by atoms with Crippen molar-refractivity contribution in [2.45, 2.75) is 57.6 Å². The molecule has 2 aliphatic rings. The van der Waals surface area contributed by atoms with Crippen LogP contribution < -0.4 is 9.47 Å². The number of nitriles is 1. The number of esters is 1. The first-order valence-corrected chi connectivity index (χ1v) is 15.0. The first kappa shape index (κ1) is 29.6. The SMILES string of the molecule is COC(=O)c1ccc2nc(CN3CCC(Oc4cccc(COc5ccc(C#N)cc5F)c4)CC3)n(CC3CCCO3)c2c1. The lowest BCUT2D eigenvalue weighted by molar-refractivity contribution is 0.0601. The van der Waals surface area contributed by atoms with Gasteiger partial charge in [0.25, 0.3) is 0 Å². The van der Waals surface area contributed by atoms with Gasteiger partial charge in [0.05, 0.1) is 54.5 Å². The Labute approximate surface area is 255 Å². The zero-order valence-electron chi connectivity index (χ0n) is 24.7. The molecule has 0 aliphatic carbocycles. The topological polar surface area (TPSA) is 98.8 Å². The lowest BCUT2D eigenvalue weighted by atomic mass is 10.1. The fourth-order valence-electron chi connectivity index (χ4n) is 5.87. The maximum Gasteiger partial charge on any atom is 0.337 e. The van der Waals surface area contributed by atoms with Crippen LogP contribution >= 0.6 is 0 Å². The average Bonchev–Trinajstić information content (AvgIpc) is 3.69. The minimum Gasteiger partial charge on any atom is -0.490 e.